The number of aromatic amines is 2. The second-order valence-electron chi connectivity index (χ2n) is 6.71. The average Bonchev–Trinajstić information content (AvgIpc) is 3.28. The van der Waals surface area contributed by atoms with Crippen LogP contribution < -0.4 is 10.4 Å². The number of hydrogen-bond donors (Lipinski definition) is 3. The minimum Gasteiger partial charge on any atom is -0.289 e. The first-order valence-corrected chi connectivity index (χ1v) is 10.1. The van der Waals surface area contributed by atoms with Gasteiger partial charge in [0.25, 0.3) is 10.0 Å². The summed E-state index contributed by atoms with van der Waals surface area (Å²) in [6.07, 6.45) is -2.15. The Morgan fingerprint density at radius 1 is 1.03 bits per heavy atom. The van der Waals surface area contributed by atoms with Crippen LogP contribution in [0.5, 0.6) is 0 Å². The van der Waals surface area contributed by atoms with Gasteiger partial charge >= 0.3 is 11.9 Å². The normalized spacial score (nSPS) is 14.0. The molecule has 0 spiro atoms. The number of alkyl halides is 3. The first-order valence-electron chi connectivity index (χ1n) is 8.64. The van der Waals surface area contributed by atoms with E-state index >= 15 is 0 Å². The van der Waals surface area contributed by atoms with Crippen LogP contribution in [0, 0.1) is 0 Å². The van der Waals surface area contributed by atoms with Gasteiger partial charge in [-0.25, -0.2) is 18.3 Å². The summed E-state index contributed by atoms with van der Waals surface area (Å²) in [5.41, 5.74) is -0.160. The second kappa shape index (κ2) is 6.76. The summed E-state index contributed by atoms with van der Waals surface area (Å²) in [5, 5.41) is 5.67. The van der Waals surface area contributed by atoms with Crippen LogP contribution in [0.3, 0.4) is 0 Å². The first kappa shape index (κ1) is 19.2. The Morgan fingerprint density at radius 3 is 2.48 bits per heavy atom. The number of aryl methyl sites for hydroxylation is 2. The molecule has 0 amide bonds. The lowest BCUT2D eigenvalue weighted by molar-refractivity contribution is -0.137. The minimum absolute atomic E-state index is 0.0229. The minimum atomic E-state index is -4.72. The van der Waals surface area contributed by atoms with E-state index in [-0.39, 0.29) is 22.0 Å². The number of halogens is 3. The Morgan fingerprint density at radius 2 is 1.79 bits per heavy atom. The van der Waals surface area contributed by atoms with Gasteiger partial charge in [-0.15, -0.1) is 0 Å². The molecule has 152 valence electrons. The molecule has 29 heavy (non-hydrogen) atoms. The summed E-state index contributed by atoms with van der Waals surface area (Å²) >= 11 is 0. The van der Waals surface area contributed by atoms with Crippen molar-refractivity contribution in [3.05, 3.63) is 63.6 Å². The van der Waals surface area contributed by atoms with E-state index in [1.807, 2.05) is 0 Å². The number of nitrogens with one attached hydrogen (secondary N) is 3. The largest absolute Gasteiger partial charge is 0.416 e. The molecule has 0 unspecified atom stereocenters. The molecule has 0 bridgehead atoms. The predicted molar refractivity (Wildman–Crippen MR) is 98.9 cm³/mol. The number of sulfonamides is 1. The zero-order chi connectivity index (χ0) is 20.8. The lowest BCUT2D eigenvalue weighted by atomic mass is 10.1. The van der Waals surface area contributed by atoms with Crippen LogP contribution in [0.2, 0.25) is 0 Å². The third-order valence-corrected chi connectivity index (χ3v) is 6.05. The monoisotopic (exact) mass is 424 g/mol. The third-order valence-electron chi connectivity index (χ3n) is 4.67. The number of nitrogens with zero attached hydrogens (tertiary/aromatic N) is 1. The maximum atomic E-state index is 13.3. The Kier molecular flexibility index (Phi) is 4.49. The number of anilines is 1. The third kappa shape index (κ3) is 3.90. The fraction of sp³-hybridized carbons (Fsp3) is 0.222. The molecule has 0 saturated carbocycles. The quantitative estimate of drug-likeness (QED) is 0.598. The summed E-state index contributed by atoms with van der Waals surface area (Å²) in [5.74, 6) is -0.140. The van der Waals surface area contributed by atoms with E-state index in [0.717, 1.165) is 36.5 Å². The SMILES string of the molecule is O=c1[nH]nc(-c2cc(NS(=O)(=O)c3ccc4c(c3)CCC4)cc(C(F)(F)F)c2)[nH]1. The van der Waals surface area contributed by atoms with E-state index in [9.17, 15) is 26.4 Å². The van der Waals surface area contributed by atoms with Crippen molar-refractivity contribution < 1.29 is 21.6 Å². The topological polar surface area (TPSA) is 108 Å². The summed E-state index contributed by atoms with van der Waals surface area (Å²) in [7, 11) is -4.11. The van der Waals surface area contributed by atoms with Crippen molar-refractivity contribution in [2.45, 2.75) is 30.3 Å². The molecule has 1 aromatic heterocycles. The van der Waals surface area contributed by atoms with Gasteiger partial charge in [-0.05, 0) is 60.7 Å². The molecule has 1 aliphatic carbocycles. The van der Waals surface area contributed by atoms with Crippen LogP contribution >= 0.6 is 0 Å². The molecular weight excluding hydrogens is 409 g/mol. The van der Waals surface area contributed by atoms with Gasteiger partial charge < -0.3 is 0 Å². The Bertz CT molecular complexity index is 1250. The highest BCUT2D eigenvalue weighted by Gasteiger charge is 2.32. The number of benzene rings is 2. The zero-order valence-corrected chi connectivity index (χ0v) is 15.6. The van der Waals surface area contributed by atoms with Gasteiger partial charge in [0.15, 0.2) is 5.82 Å². The van der Waals surface area contributed by atoms with Crippen molar-refractivity contribution in [2.75, 3.05) is 4.72 Å². The van der Waals surface area contributed by atoms with Crippen LogP contribution in [0.25, 0.3) is 11.4 Å². The number of rotatable bonds is 4. The number of hydrogen-bond acceptors (Lipinski definition) is 4. The molecule has 1 aliphatic rings. The lowest BCUT2D eigenvalue weighted by Gasteiger charge is -2.14. The highest BCUT2D eigenvalue weighted by Crippen LogP contribution is 2.35. The molecule has 0 radical (unpaired) electrons. The van der Waals surface area contributed by atoms with Gasteiger partial charge in [0.2, 0.25) is 0 Å². The van der Waals surface area contributed by atoms with Crippen molar-refractivity contribution in [3.8, 4) is 11.4 Å². The van der Waals surface area contributed by atoms with Gasteiger partial charge in [0.1, 0.15) is 0 Å². The Labute approximate surface area is 163 Å². The molecule has 1 heterocycles. The fourth-order valence-corrected chi connectivity index (χ4v) is 4.41. The van der Waals surface area contributed by atoms with E-state index in [1.165, 1.54) is 12.1 Å². The number of aromatic nitrogens is 3. The Hall–Kier alpha value is -3.08. The molecule has 3 N–H and O–H groups in total. The fourth-order valence-electron chi connectivity index (χ4n) is 3.32. The first-order chi connectivity index (χ1) is 13.6. The van der Waals surface area contributed by atoms with E-state index in [1.54, 1.807) is 12.1 Å². The molecule has 4 rings (SSSR count). The smallest absolute Gasteiger partial charge is 0.289 e. The number of fused-ring (bicyclic) bond motifs is 1. The maximum Gasteiger partial charge on any atom is 0.416 e. The summed E-state index contributed by atoms with van der Waals surface area (Å²) in [6.45, 7) is 0. The van der Waals surface area contributed by atoms with Gasteiger partial charge in [0.05, 0.1) is 16.1 Å². The van der Waals surface area contributed by atoms with Gasteiger partial charge in [0, 0.05) is 5.56 Å². The number of H-pyrrole nitrogens is 2. The van der Waals surface area contributed by atoms with Crippen molar-refractivity contribution in [2.24, 2.45) is 0 Å². The molecule has 3 aromatic rings. The average molecular weight is 424 g/mol. The molecular formula is C18H15F3N4O3S. The molecule has 0 saturated heterocycles. The van der Waals surface area contributed by atoms with Crippen LogP contribution in [0.1, 0.15) is 23.1 Å². The lowest BCUT2D eigenvalue weighted by Crippen LogP contribution is -2.15. The van der Waals surface area contributed by atoms with E-state index < -0.39 is 27.5 Å². The summed E-state index contributed by atoms with van der Waals surface area (Å²) in [6, 6.07) is 7.35. The molecule has 2 aromatic carbocycles. The van der Waals surface area contributed by atoms with E-state index in [2.05, 4.69) is 19.9 Å². The maximum absolute atomic E-state index is 13.3. The summed E-state index contributed by atoms with van der Waals surface area (Å²) < 4.78 is 67.6. The van der Waals surface area contributed by atoms with Gasteiger partial charge in [-0.3, -0.25) is 9.71 Å². The van der Waals surface area contributed by atoms with Crippen molar-refractivity contribution >= 4 is 15.7 Å². The molecule has 0 fully saturated rings. The second-order valence-corrected chi connectivity index (χ2v) is 8.40. The highest BCUT2D eigenvalue weighted by molar-refractivity contribution is 7.92. The van der Waals surface area contributed by atoms with Crippen LogP contribution in [-0.4, -0.2) is 23.6 Å². The van der Waals surface area contributed by atoms with Crippen molar-refractivity contribution in [1.29, 1.82) is 0 Å². The van der Waals surface area contributed by atoms with Crippen LogP contribution in [-0.2, 0) is 29.0 Å². The van der Waals surface area contributed by atoms with E-state index in [4.69, 9.17) is 0 Å². The highest BCUT2D eigenvalue weighted by atomic mass is 32.2. The Balaban J connectivity index is 1.75. The van der Waals surface area contributed by atoms with Crippen molar-refractivity contribution in [1.82, 2.24) is 15.2 Å². The molecule has 7 nitrogen and oxygen atoms in total. The molecule has 0 atom stereocenters. The van der Waals surface area contributed by atoms with Crippen LogP contribution in [0.15, 0.2) is 46.1 Å². The summed E-state index contributed by atoms with van der Waals surface area (Å²) in [4.78, 5) is 13.5. The van der Waals surface area contributed by atoms with Crippen LogP contribution in [0.4, 0.5) is 18.9 Å². The van der Waals surface area contributed by atoms with Gasteiger partial charge in [-0.2, -0.15) is 18.3 Å². The van der Waals surface area contributed by atoms with E-state index in [0.29, 0.717) is 6.07 Å². The zero-order valence-electron chi connectivity index (χ0n) is 14.8. The standard InChI is InChI=1S/C18H15F3N4O3S/c19-18(20,21)13-6-12(16-22-17(26)24-23-16)7-14(9-13)25-29(27,28)15-5-4-10-2-1-3-11(10)8-15/h4-9,25H,1-3H2,(H2,22,23,24,26). The molecule has 0 aliphatic heterocycles. The predicted octanol–water partition coefficient (Wildman–Crippen LogP) is 3.07. The molecule has 11 heteroatoms. The van der Waals surface area contributed by atoms with Gasteiger partial charge in [-0.1, -0.05) is 6.07 Å². The van der Waals surface area contributed by atoms with Crippen molar-refractivity contribution in [3.63, 3.8) is 0 Å².